The Morgan fingerprint density at radius 2 is 1.96 bits per heavy atom. The topological polar surface area (TPSA) is 77.0 Å². The zero-order valence-corrected chi connectivity index (χ0v) is 15.1. The molecule has 2 rings (SSSR count). The predicted molar refractivity (Wildman–Crippen MR) is 96.1 cm³/mol. The molecule has 24 heavy (non-hydrogen) atoms. The van der Waals surface area contributed by atoms with Crippen LogP contribution in [-0.4, -0.2) is 34.1 Å². The molecule has 130 valence electrons. The summed E-state index contributed by atoms with van der Waals surface area (Å²) in [6.07, 6.45) is 5.92. The van der Waals surface area contributed by atoms with Crippen LogP contribution in [0.15, 0.2) is 24.7 Å². The molecule has 0 aliphatic rings. The van der Waals surface area contributed by atoms with Gasteiger partial charge in [0, 0.05) is 36.3 Å². The highest BCUT2D eigenvalue weighted by Gasteiger charge is 2.12. The van der Waals surface area contributed by atoms with E-state index in [1.807, 2.05) is 20.8 Å². The van der Waals surface area contributed by atoms with Crippen molar-refractivity contribution in [2.45, 2.75) is 41.0 Å². The van der Waals surface area contributed by atoms with E-state index in [1.54, 1.807) is 25.4 Å². The third kappa shape index (κ3) is 5.30. The summed E-state index contributed by atoms with van der Waals surface area (Å²) < 4.78 is 5.01. The van der Waals surface area contributed by atoms with Crippen LogP contribution in [0.4, 0.5) is 5.82 Å². The van der Waals surface area contributed by atoms with Crippen molar-refractivity contribution in [3.05, 3.63) is 36.0 Å². The van der Waals surface area contributed by atoms with Crippen molar-refractivity contribution in [1.29, 1.82) is 0 Å². The van der Waals surface area contributed by atoms with Gasteiger partial charge in [-0.2, -0.15) is 0 Å². The molecule has 0 amide bonds. The fourth-order valence-corrected chi connectivity index (χ4v) is 1.97. The average Bonchev–Trinajstić information content (AvgIpc) is 2.62. The van der Waals surface area contributed by atoms with E-state index in [1.165, 1.54) is 6.20 Å². The van der Waals surface area contributed by atoms with E-state index in [0.29, 0.717) is 18.0 Å². The molecule has 6 heteroatoms. The van der Waals surface area contributed by atoms with Gasteiger partial charge in [0.05, 0.1) is 12.2 Å². The molecule has 0 spiro atoms. The van der Waals surface area contributed by atoms with Crippen LogP contribution in [-0.2, 0) is 4.74 Å². The van der Waals surface area contributed by atoms with Crippen molar-refractivity contribution >= 4 is 11.8 Å². The van der Waals surface area contributed by atoms with E-state index in [0.717, 1.165) is 29.9 Å². The summed E-state index contributed by atoms with van der Waals surface area (Å²) in [5.41, 5.74) is 2.02. The molecule has 0 fully saturated rings. The number of nitrogens with one attached hydrogen (secondary N) is 1. The quantitative estimate of drug-likeness (QED) is 0.810. The van der Waals surface area contributed by atoms with Gasteiger partial charge < -0.3 is 10.1 Å². The van der Waals surface area contributed by atoms with Crippen molar-refractivity contribution in [3.8, 4) is 11.1 Å². The first-order valence-corrected chi connectivity index (χ1v) is 8.35. The van der Waals surface area contributed by atoms with E-state index in [4.69, 9.17) is 4.74 Å². The van der Waals surface area contributed by atoms with Crippen molar-refractivity contribution in [1.82, 2.24) is 15.0 Å². The molecule has 0 saturated carbocycles. The maximum Gasteiger partial charge on any atom is 0.339 e. The molecule has 0 aliphatic carbocycles. The lowest BCUT2D eigenvalue weighted by Gasteiger charge is -2.11. The molecule has 0 radical (unpaired) electrons. The fraction of sp³-hybridized carbons (Fsp3) is 0.444. The Bertz CT molecular complexity index is 659. The molecular formula is C18H26N4O2. The lowest BCUT2D eigenvalue weighted by atomic mass is 10.1. The molecule has 0 atom stereocenters. The van der Waals surface area contributed by atoms with Crippen LogP contribution in [0.5, 0.6) is 0 Å². The van der Waals surface area contributed by atoms with E-state index in [2.05, 4.69) is 27.2 Å². The second-order valence-corrected chi connectivity index (χ2v) is 4.79. The number of hydrogen-bond acceptors (Lipinski definition) is 6. The van der Waals surface area contributed by atoms with Gasteiger partial charge >= 0.3 is 5.97 Å². The largest absolute Gasteiger partial charge is 0.462 e. The molecule has 2 heterocycles. The molecule has 2 aromatic heterocycles. The Morgan fingerprint density at radius 1 is 1.21 bits per heavy atom. The van der Waals surface area contributed by atoms with Gasteiger partial charge in [-0.3, -0.25) is 4.98 Å². The van der Waals surface area contributed by atoms with Gasteiger partial charge in [-0.05, 0) is 26.3 Å². The number of aryl methyl sites for hydroxylation is 1. The summed E-state index contributed by atoms with van der Waals surface area (Å²) in [6.45, 7) is 10.8. The van der Waals surface area contributed by atoms with Gasteiger partial charge in [-0.25, -0.2) is 14.8 Å². The third-order valence-electron chi connectivity index (χ3n) is 3.01. The number of carbonyl (C=O) groups is 1. The number of rotatable bonds is 6. The Morgan fingerprint density at radius 3 is 2.62 bits per heavy atom. The summed E-state index contributed by atoms with van der Waals surface area (Å²) in [7, 11) is 0. The first-order chi connectivity index (χ1) is 11.7. The summed E-state index contributed by atoms with van der Waals surface area (Å²) >= 11 is 0. The minimum absolute atomic E-state index is 0.333. The smallest absolute Gasteiger partial charge is 0.339 e. The van der Waals surface area contributed by atoms with Crippen LogP contribution in [0, 0.1) is 6.92 Å². The Kier molecular flexibility index (Phi) is 8.39. The van der Waals surface area contributed by atoms with E-state index in [-0.39, 0.29) is 5.97 Å². The zero-order valence-electron chi connectivity index (χ0n) is 15.1. The summed E-state index contributed by atoms with van der Waals surface area (Å²) in [5, 5.41) is 3.28. The normalized spacial score (nSPS) is 9.71. The second-order valence-electron chi connectivity index (χ2n) is 4.79. The van der Waals surface area contributed by atoms with Crippen LogP contribution in [0.25, 0.3) is 11.1 Å². The maximum absolute atomic E-state index is 11.8. The molecule has 2 aromatic rings. The summed E-state index contributed by atoms with van der Waals surface area (Å²) in [4.78, 5) is 24.6. The minimum Gasteiger partial charge on any atom is -0.462 e. The van der Waals surface area contributed by atoms with E-state index < -0.39 is 0 Å². The maximum atomic E-state index is 11.8. The number of carbonyl (C=O) groups excluding carboxylic acids is 1. The number of pyridine rings is 1. The summed E-state index contributed by atoms with van der Waals surface area (Å²) in [6, 6.07) is 1.75. The fourth-order valence-electron chi connectivity index (χ4n) is 1.97. The highest BCUT2D eigenvalue weighted by Crippen LogP contribution is 2.26. The standard InChI is InChI=1S/C16H20N4O2.C2H6/c1-4-6-18-15-14(10-19-11(3)20-15)12-7-13(9-17-8-12)16(21)22-5-2;1-2/h7-10H,4-6H2,1-3H3,(H,18,19,20);1-2H3. The minimum atomic E-state index is -0.382. The van der Waals surface area contributed by atoms with Crippen LogP contribution >= 0.6 is 0 Å². The average molecular weight is 330 g/mol. The first-order valence-electron chi connectivity index (χ1n) is 8.35. The van der Waals surface area contributed by atoms with Gasteiger partial charge in [0.25, 0.3) is 0 Å². The van der Waals surface area contributed by atoms with Crippen LogP contribution in [0.3, 0.4) is 0 Å². The van der Waals surface area contributed by atoms with Crippen molar-refractivity contribution in [2.24, 2.45) is 0 Å². The number of nitrogens with zero attached hydrogens (tertiary/aromatic N) is 3. The van der Waals surface area contributed by atoms with Crippen molar-refractivity contribution < 1.29 is 9.53 Å². The van der Waals surface area contributed by atoms with Crippen LogP contribution in [0.2, 0.25) is 0 Å². The summed E-state index contributed by atoms with van der Waals surface area (Å²) in [5.74, 6) is 1.06. The monoisotopic (exact) mass is 330 g/mol. The predicted octanol–water partition coefficient (Wildman–Crippen LogP) is 3.87. The molecule has 0 aliphatic heterocycles. The molecular weight excluding hydrogens is 304 g/mol. The highest BCUT2D eigenvalue weighted by atomic mass is 16.5. The van der Waals surface area contributed by atoms with Crippen molar-refractivity contribution in [3.63, 3.8) is 0 Å². The van der Waals surface area contributed by atoms with Gasteiger partial charge in [0.1, 0.15) is 11.6 Å². The number of esters is 1. The van der Waals surface area contributed by atoms with Crippen LogP contribution < -0.4 is 5.32 Å². The van der Waals surface area contributed by atoms with E-state index in [9.17, 15) is 4.79 Å². The van der Waals surface area contributed by atoms with Gasteiger partial charge in [0.2, 0.25) is 0 Å². The van der Waals surface area contributed by atoms with Gasteiger partial charge in [0.15, 0.2) is 0 Å². The molecule has 0 unspecified atom stereocenters. The highest BCUT2D eigenvalue weighted by molar-refractivity contribution is 5.91. The SMILES string of the molecule is CC.CCCNc1nc(C)ncc1-c1cncc(C(=O)OCC)c1. The molecule has 1 N–H and O–H groups in total. The number of aromatic nitrogens is 3. The number of anilines is 1. The molecule has 0 saturated heterocycles. The zero-order chi connectivity index (χ0) is 17.9. The first kappa shape index (κ1) is 19.5. The number of ether oxygens (including phenoxy) is 1. The number of hydrogen-bond donors (Lipinski definition) is 1. The Balaban J connectivity index is 0.00000139. The van der Waals surface area contributed by atoms with E-state index >= 15 is 0 Å². The Labute approximate surface area is 143 Å². The second kappa shape index (κ2) is 10.3. The van der Waals surface area contributed by atoms with Gasteiger partial charge in [-0.1, -0.05) is 20.8 Å². The molecule has 0 aromatic carbocycles. The molecule has 6 nitrogen and oxygen atoms in total. The van der Waals surface area contributed by atoms with Gasteiger partial charge in [-0.15, -0.1) is 0 Å². The Hall–Kier alpha value is -2.50. The van der Waals surface area contributed by atoms with Crippen LogP contribution in [0.1, 0.15) is 50.3 Å². The molecule has 0 bridgehead atoms. The lowest BCUT2D eigenvalue weighted by molar-refractivity contribution is 0.0526. The third-order valence-corrected chi connectivity index (χ3v) is 3.01. The van der Waals surface area contributed by atoms with Crippen molar-refractivity contribution in [2.75, 3.05) is 18.5 Å². The lowest BCUT2D eigenvalue weighted by Crippen LogP contribution is -2.07.